The molecule has 0 unspecified atom stereocenters. The van der Waals surface area contributed by atoms with E-state index in [1.165, 1.54) is 9.80 Å². The van der Waals surface area contributed by atoms with Crippen LogP contribution in [0.2, 0.25) is 0 Å². The van der Waals surface area contributed by atoms with Crippen molar-refractivity contribution in [3.63, 3.8) is 0 Å². The van der Waals surface area contributed by atoms with Crippen LogP contribution in [0.5, 0.6) is 0 Å². The Hall–Kier alpha value is -7.38. The second-order valence-electron chi connectivity index (χ2n) is 13.8. The standard InChI is InChI=1S/C48H31N3O4/c1-2-29-12-10-17-33(26-29)50-45(52)38-22-24-40-43-41(25-23-39(42(38)43)46(50)53)48(55)51(47(40)54)35-19-11-18-34(28-35)49(32-15-4-3-5-16-32)44-36-20-8-6-13-30(36)27-31-14-7-9-21-37(31)44/h3-28H,2H2,1H3. The van der Waals surface area contributed by atoms with Gasteiger partial charge in [-0.2, -0.15) is 0 Å². The molecule has 2 aliphatic rings. The molecule has 10 rings (SSSR count). The maximum absolute atomic E-state index is 14.5. The highest BCUT2D eigenvalue weighted by Gasteiger charge is 2.41. The van der Waals surface area contributed by atoms with E-state index in [0.29, 0.717) is 22.1 Å². The zero-order chi connectivity index (χ0) is 37.4. The number of hydrogen-bond donors (Lipinski definition) is 0. The van der Waals surface area contributed by atoms with Gasteiger partial charge < -0.3 is 4.90 Å². The summed E-state index contributed by atoms with van der Waals surface area (Å²) >= 11 is 0. The van der Waals surface area contributed by atoms with E-state index < -0.39 is 23.6 Å². The highest BCUT2D eigenvalue weighted by Crippen LogP contribution is 2.45. The SMILES string of the molecule is CCc1cccc(N2C(=O)c3ccc4c5c(ccc(c35)C2=O)C(=O)N(c2cccc(N(c3ccccc3)c3c5ccccc5cc5ccccc35)c2)C4=O)c1. The zero-order valence-corrected chi connectivity index (χ0v) is 29.7. The number of benzene rings is 8. The van der Waals surface area contributed by atoms with Gasteiger partial charge in [0.15, 0.2) is 0 Å². The lowest BCUT2D eigenvalue weighted by Crippen LogP contribution is -2.43. The molecule has 7 heteroatoms. The van der Waals surface area contributed by atoms with Gasteiger partial charge in [0, 0.05) is 55.2 Å². The maximum Gasteiger partial charge on any atom is 0.265 e. The molecule has 55 heavy (non-hydrogen) atoms. The van der Waals surface area contributed by atoms with Crippen molar-refractivity contribution in [2.45, 2.75) is 13.3 Å². The fourth-order valence-corrected chi connectivity index (χ4v) is 8.25. The van der Waals surface area contributed by atoms with Gasteiger partial charge in [-0.3, -0.25) is 19.2 Å². The highest BCUT2D eigenvalue weighted by atomic mass is 16.2. The number of anilines is 5. The molecule has 0 bridgehead atoms. The van der Waals surface area contributed by atoms with Crippen LogP contribution in [0.3, 0.4) is 0 Å². The molecule has 0 aromatic heterocycles. The molecule has 0 fully saturated rings. The van der Waals surface area contributed by atoms with Gasteiger partial charge in [0.05, 0.1) is 17.1 Å². The smallest absolute Gasteiger partial charge is 0.265 e. The van der Waals surface area contributed by atoms with E-state index in [1.54, 1.807) is 36.4 Å². The molecule has 2 heterocycles. The Kier molecular flexibility index (Phi) is 7.25. The van der Waals surface area contributed by atoms with Crippen LogP contribution in [-0.4, -0.2) is 23.6 Å². The number of para-hydroxylation sites is 1. The van der Waals surface area contributed by atoms with Gasteiger partial charge in [0.25, 0.3) is 23.6 Å². The van der Waals surface area contributed by atoms with Crippen LogP contribution in [-0.2, 0) is 6.42 Å². The number of amides is 4. The minimum atomic E-state index is -0.529. The number of aryl methyl sites for hydroxylation is 1. The van der Waals surface area contributed by atoms with Crippen LogP contribution in [0.1, 0.15) is 53.9 Å². The summed E-state index contributed by atoms with van der Waals surface area (Å²) in [6.07, 6.45) is 0.747. The van der Waals surface area contributed by atoms with Crippen LogP contribution >= 0.6 is 0 Å². The van der Waals surface area contributed by atoms with Crippen LogP contribution in [0.25, 0.3) is 32.3 Å². The van der Waals surface area contributed by atoms with Crippen LogP contribution < -0.4 is 14.7 Å². The lowest BCUT2D eigenvalue weighted by atomic mass is 9.85. The van der Waals surface area contributed by atoms with Crippen molar-refractivity contribution >= 4 is 84.4 Å². The second-order valence-corrected chi connectivity index (χ2v) is 13.8. The maximum atomic E-state index is 14.5. The van der Waals surface area contributed by atoms with Gasteiger partial charge in [-0.25, -0.2) is 9.80 Å². The summed E-state index contributed by atoms with van der Waals surface area (Å²) in [4.78, 5) is 61.7. The van der Waals surface area contributed by atoms with E-state index in [-0.39, 0.29) is 22.3 Å². The van der Waals surface area contributed by atoms with Crippen LogP contribution in [0.4, 0.5) is 28.4 Å². The predicted molar refractivity (Wildman–Crippen MR) is 218 cm³/mol. The second kappa shape index (κ2) is 12.4. The summed E-state index contributed by atoms with van der Waals surface area (Å²) in [5.41, 5.74) is 5.55. The zero-order valence-electron chi connectivity index (χ0n) is 29.7. The Morgan fingerprint density at radius 3 is 1.42 bits per heavy atom. The summed E-state index contributed by atoms with van der Waals surface area (Å²) in [5.74, 6) is -2.05. The molecule has 4 amide bonds. The first kappa shape index (κ1) is 32.3. The number of carbonyl (C=O) groups is 4. The Labute approximate surface area is 316 Å². The number of nitrogens with zero attached hydrogens (tertiary/aromatic N) is 3. The molecule has 0 N–H and O–H groups in total. The minimum Gasteiger partial charge on any atom is -0.309 e. The molecule has 0 spiro atoms. The first-order valence-corrected chi connectivity index (χ1v) is 18.2. The predicted octanol–water partition coefficient (Wildman–Crippen LogP) is 10.8. The van der Waals surface area contributed by atoms with E-state index in [1.807, 2.05) is 97.9 Å². The van der Waals surface area contributed by atoms with Gasteiger partial charge in [-0.1, -0.05) is 91.9 Å². The summed E-state index contributed by atoms with van der Waals surface area (Å²) in [6.45, 7) is 2.01. The molecular formula is C48H31N3O4. The third-order valence-corrected chi connectivity index (χ3v) is 10.8. The van der Waals surface area contributed by atoms with Crippen molar-refractivity contribution in [2.75, 3.05) is 14.7 Å². The summed E-state index contributed by atoms with van der Waals surface area (Å²) in [6, 6.07) is 50.0. The molecule has 0 saturated carbocycles. The Bertz CT molecular complexity index is 2850. The highest BCUT2D eigenvalue weighted by molar-refractivity contribution is 6.42. The Morgan fingerprint density at radius 2 is 0.891 bits per heavy atom. The molecule has 2 aliphatic heterocycles. The van der Waals surface area contributed by atoms with Gasteiger partial charge in [-0.15, -0.1) is 0 Å². The molecule has 0 atom stereocenters. The molecule has 262 valence electrons. The summed E-state index contributed by atoms with van der Waals surface area (Å²) in [7, 11) is 0. The van der Waals surface area contributed by atoms with E-state index >= 15 is 0 Å². The number of carbonyl (C=O) groups excluding carboxylic acids is 4. The number of hydrogen-bond acceptors (Lipinski definition) is 5. The van der Waals surface area contributed by atoms with Gasteiger partial charge in [0.1, 0.15) is 0 Å². The van der Waals surface area contributed by atoms with Crippen molar-refractivity contribution in [3.05, 3.63) is 186 Å². The van der Waals surface area contributed by atoms with E-state index in [9.17, 15) is 19.2 Å². The average molecular weight is 714 g/mol. The minimum absolute atomic E-state index is 0.252. The summed E-state index contributed by atoms with van der Waals surface area (Å²) < 4.78 is 0. The number of rotatable bonds is 6. The topological polar surface area (TPSA) is 78.0 Å². The Balaban J connectivity index is 1.11. The first-order valence-electron chi connectivity index (χ1n) is 18.2. The largest absolute Gasteiger partial charge is 0.309 e. The third-order valence-electron chi connectivity index (χ3n) is 10.8. The Morgan fingerprint density at radius 1 is 0.436 bits per heavy atom. The molecule has 0 saturated heterocycles. The lowest BCUT2D eigenvalue weighted by molar-refractivity contribution is 0.0873. The summed E-state index contributed by atoms with van der Waals surface area (Å²) in [5, 5.41) is 4.93. The fourth-order valence-electron chi connectivity index (χ4n) is 8.25. The van der Waals surface area contributed by atoms with Crippen molar-refractivity contribution in [1.29, 1.82) is 0 Å². The van der Waals surface area contributed by atoms with Gasteiger partial charge >= 0.3 is 0 Å². The average Bonchev–Trinajstić information content (AvgIpc) is 3.22. The van der Waals surface area contributed by atoms with E-state index in [2.05, 4.69) is 35.2 Å². The van der Waals surface area contributed by atoms with Crippen molar-refractivity contribution in [3.8, 4) is 0 Å². The third kappa shape index (κ3) is 4.83. The van der Waals surface area contributed by atoms with Gasteiger partial charge in [-0.05, 0) is 95.6 Å². The number of imide groups is 2. The quantitative estimate of drug-likeness (QED) is 0.127. The molecule has 8 aromatic carbocycles. The number of fused-ring (bicyclic) bond motifs is 2. The fraction of sp³-hybridized carbons (Fsp3) is 0.0417. The lowest BCUT2D eigenvalue weighted by Gasteiger charge is -2.33. The normalized spacial score (nSPS) is 13.7. The van der Waals surface area contributed by atoms with Crippen LogP contribution in [0.15, 0.2) is 158 Å². The molecule has 8 aromatic rings. The molecule has 0 aliphatic carbocycles. The molecular weight excluding hydrogens is 683 g/mol. The molecule has 7 nitrogen and oxygen atoms in total. The van der Waals surface area contributed by atoms with Gasteiger partial charge in [0.2, 0.25) is 0 Å². The van der Waals surface area contributed by atoms with E-state index in [0.717, 1.165) is 50.6 Å². The van der Waals surface area contributed by atoms with Crippen molar-refractivity contribution in [1.82, 2.24) is 0 Å². The van der Waals surface area contributed by atoms with E-state index in [4.69, 9.17) is 0 Å². The first-order chi connectivity index (χ1) is 26.9. The van der Waals surface area contributed by atoms with Crippen molar-refractivity contribution in [2.24, 2.45) is 0 Å². The van der Waals surface area contributed by atoms with Crippen molar-refractivity contribution < 1.29 is 19.2 Å². The monoisotopic (exact) mass is 713 g/mol. The molecule has 0 radical (unpaired) electrons. The van der Waals surface area contributed by atoms with Crippen LogP contribution in [0, 0.1) is 0 Å².